The van der Waals surface area contributed by atoms with Gasteiger partial charge in [-0.3, -0.25) is 0 Å². The normalized spacial score (nSPS) is 20.7. The summed E-state index contributed by atoms with van der Waals surface area (Å²) in [7, 11) is 0. The van der Waals surface area contributed by atoms with E-state index in [0.717, 1.165) is 0 Å². The Hall–Kier alpha value is -1.02. The van der Waals surface area contributed by atoms with Gasteiger partial charge in [0.15, 0.2) is 0 Å². The Morgan fingerprint density at radius 3 is 2.61 bits per heavy atom. The van der Waals surface area contributed by atoms with Gasteiger partial charge in [-0.2, -0.15) is 0 Å². The lowest BCUT2D eigenvalue weighted by molar-refractivity contribution is 0.723. The number of benzene rings is 1. The molecule has 3 rings (SSSR count). The third-order valence-corrected chi connectivity index (χ3v) is 4.44. The Morgan fingerprint density at radius 2 is 1.94 bits per heavy atom. The molecule has 0 N–H and O–H groups in total. The molecule has 1 aromatic rings. The summed E-state index contributed by atoms with van der Waals surface area (Å²) in [5, 5.41) is 0. The molecule has 0 saturated heterocycles. The minimum Gasteiger partial charge on any atom is -0.215 e. The molecular formula is C16H19NS. The molecule has 18 heavy (non-hydrogen) atoms. The second-order valence-electron chi connectivity index (χ2n) is 5.12. The Morgan fingerprint density at radius 1 is 1.11 bits per heavy atom. The van der Waals surface area contributed by atoms with Crippen molar-refractivity contribution in [2.24, 2.45) is 10.3 Å². The standard InChI is InChI=1S/C16H19NS/c1-3-7-13(8-4-1)16(14-11-12-14)17-18-15-9-5-2-6-10-15/h1,3-4,7-9,14H,2,5-6,10-12H2/b17-16+. The van der Waals surface area contributed by atoms with E-state index in [-0.39, 0.29) is 0 Å². The van der Waals surface area contributed by atoms with E-state index in [1.54, 1.807) is 11.9 Å². The molecule has 2 aliphatic carbocycles. The minimum atomic E-state index is 0.712. The molecule has 2 heteroatoms. The molecule has 0 radical (unpaired) electrons. The molecule has 94 valence electrons. The van der Waals surface area contributed by atoms with Crippen molar-refractivity contribution in [1.82, 2.24) is 0 Å². The maximum atomic E-state index is 4.84. The highest BCUT2D eigenvalue weighted by Crippen LogP contribution is 2.36. The van der Waals surface area contributed by atoms with E-state index in [0.29, 0.717) is 5.92 Å². The number of allylic oxidation sites excluding steroid dienone is 2. The maximum Gasteiger partial charge on any atom is 0.0594 e. The summed E-state index contributed by atoms with van der Waals surface area (Å²) in [5.74, 6) is 0.712. The van der Waals surface area contributed by atoms with Crippen molar-refractivity contribution in [2.45, 2.75) is 38.5 Å². The summed E-state index contributed by atoms with van der Waals surface area (Å²) in [6.45, 7) is 0. The Balaban J connectivity index is 1.75. The van der Waals surface area contributed by atoms with Gasteiger partial charge < -0.3 is 0 Å². The summed E-state index contributed by atoms with van der Waals surface area (Å²) >= 11 is 1.72. The van der Waals surface area contributed by atoms with Gasteiger partial charge in [0, 0.05) is 22.8 Å². The van der Waals surface area contributed by atoms with Gasteiger partial charge in [-0.25, -0.2) is 4.40 Å². The van der Waals surface area contributed by atoms with Crippen LogP contribution in [0.2, 0.25) is 0 Å². The van der Waals surface area contributed by atoms with Crippen LogP contribution in [0.5, 0.6) is 0 Å². The lowest BCUT2D eigenvalue weighted by Crippen LogP contribution is -2.02. The SMILES string of the molecule is C1=C(S/N=C(\c2ccccc2)C2CC2)CCCC1. The molecule has 0 atom stereocenters. The first-order chi connectivity index (χ1) is 8.93. The third kappa shape index (κ3) is 3.05. The zero-order valence-electron chi connectivity index (χ0n) is 10.6. The summed E-state index contributed by atoms with van der Waals surface area (Å²) < 4.78 is 4.84. The lowest BCUT2D eigenvalue weighted by atomic mass is 10.1. The monoisotopic (exact) mass is 257 g/mol. The fourth-order valence-corrected chi connectivity index (χ4v) is 3.23. The third-order valence-electron chi connectivity index (χ3n) is 3.54. The summed E-state index contributed by atoms with van der Waals surface area (Å²) in [5.41, 5.74) is 2.62. The highest BCUT2D eigenvalue weighted by atomic mass is 32.2. The summed E-state index contributed by atoms with van der Waals surface area (Å²) in [4.78, 5) is 1.47. The van der Waals surface area contributed by atoms with Crippen molar-refractivity contribution >= 4 is 17.7 Å². The van der Waals surface area contributed by atoms with Crippen LogP contribution in [0, 0.1) is 5.92 Å². The van der Waals surface area contributed by atoms with Gasteiger partial charge in [-0.1, -0.05) is 36.4 Å². The molecule has 1 fully saturated rings. The van der Waals surface area contributed by atoms with Crippen molar-refractivity contribution in [1.29, 1.82) is 0 Å². The molecule has 0 amide bonds. The van der Waals surface area contributed by atoms with Crippen molar-refractivity contribution in [2.75, 3.05) is 0 Å². The summed E-state index contributed by atoms with van der Waals surface area (Å²) in [6.07, 6.45) is 10.1. The Labute approximate surface area is 114 Å². The molecule has 0 heterocycles. The molecular weight excluding hydrogens is 238 g/mol. The van der Waals surface area contributed by atoms with Gasteiger partial charge in [0.1, 0.15) is 0 Å². The molecule has 0 spiro atoms. The van der Waals surface area contributed by atoms with Crippen LogP contribution in [-0.2, 0) is 0 Å². The van der Waals surface area contributed by atoms with Crippen LogP contribution in [0.3, 0.4) is 0 Å². The predicted octanol–water partition coefficient (Wildman–Crippen LogP) is 4.99. The second-order valence-corrected chi connectivity index (χ2v) is 6.01. The Kier molecular flexibility index (Phi) is 3.84. The average molecular weight is 257 g/mol. The van der Waals surface area contributed by atoms with Crippen LogP contribution in [0.25, 0.3) is 0 Å². The van der Waals surface area contributed by atoms with Gasteiger partial charge >= 0.3 is 0 Å². The van der Waals surface area contributed by atoms with Gasteiger partial charge in [0.25, 0.3) is 0 Å². The zero-order valence-corrected chi connectivity index (χ0v) is 11.5. The first kappa shape index (κ1) is 12.0. The first-order valence-corrected chi connectivity index (χ1v) is 7.70. The van der Waals surface area contributed by atoms with E-state index < -0.39 is 0 Å². The van der Waals surface area contributed by atoms with Gasteiger partial charge in [0.2, 0.25) is 0 Å². The molecule has 0 bridgehead atoms. The largest absolute Gasteiger partial charge is 0.215 e. The molecule has 1 nitrogen and oxygen atoms in total. The lowest BCUT2D eigenvalue weighted by Gasteiger charge is -2.10. The molecule has 0 unspecified atom stereocenters. The van der Waals surface area contributed by atoms with Crippen LogP contribution >= 0.6 is 11.9 Å². The highest BCUT2D eigenvalue weighted by molar-refractivity contribution is 8.02. The smallest absolute Gasteiger partial charge is 0.0594 e. The minimum absolute atomic E-state index is 0.712. The van der Waals surface area contributed by atoms with Crippen molar-refractivity contribution in [3.8, 4) is 0 Å². The van der Waals surface area contributed by atoms with E-state index >= 15 is 0 Å². The van der Waals surface area contributed by atoms with Crippen LogP contribution in [0.1, 0.15) is 44.1 Å². The zero-order chi connectivity index (χ0) is 12.2. The molecule has 2 aliphatic rings. The van der Waals surface area contributed by atoms with Gasteiger partial charge in [0.05, 0.1) is 5.71 Å². The maximum absolute atomic E-state index is 4.84. The van der Waals surface area contributed by atoms with E-state index in [1.807, 2.05) is 0 Å². The van der Waals surface area contributed by atoms with Crippen LogP contribution in [0.15, 0.2) is 45.7 Å². The topological polar surface area (TPSA) is 12.4 Å². The number of nitrogens with zero attached hydrogens (tertiary/aromatic N) is 1. The number of rotatable bonds is 4. The average Bonchev–Trinajstić information content (AvgIpc) is 3.26. The van der Waals surface area contributed by atoms with Crippen LogP contribution < -0.4 is 0 Å². The molecule has 0 aromatic heterocycles. The molecule has 0 aliphatic heterocycles. The first-order valence-electron chi connectivity index (χ1n) is 6.93. The van der Waals surface area contributed by atoms with E-state index in [2.05, 4.69) is 36.4 Å². The summed E-state index contributed by atoms with van der Waals surface area (Å²) in [6, 6.07) is 10.7. The van der Waals surface area contributed by atoms with E-state index in [4.69, 9.17) is 4.40 Å². The predicted molar refractivity (Wildman–Crippen MR) is 79.8 cm³/mol. The van der Waals surface area contributed by atoms with Gasteiger partial charge in [-0.15, -0.1) is 0 Å². The fraction of sp³-hybridized carbons (Fsp3) is 0.438. The van der Waals surface area contributed by atoms with Crippen molar-refractivity contribution in [3.63, 3.8) is 0 Å². The fourth-order valence-electron chi connectivity index (χ4n) is 2.33. The van der Waals surface area contributed by atoms with E-state index in [9.17, 15) is 0 Å². The molecule has 1 aromatic carbocycles. The van der Waals surface area contributed by atoms with E-state index in [1.165, 1.54) is 54.7 Å². The number of hydrogen-bond acceptors (Lipinski definition) is 2. The van der Waals surface area contributed by atoms with Gasteiger partial charge in [-0.05, 0) is 44.1 Å². The van der Waals surface area contributed by atoms with Crippen LogP contribution in [0.4, 0.5) is 0 Å². The highest BCUT2D eigenvalue weighted by Gasteiger charge is 2.28. The second kappa shape index (κ2) is 5.75. The van der Waals surface area contributed by atoms with Crippen LogP contribution in [-0.4, -0.2) is 5.71 Å². The van der Waals surface area contributed by atoms with Crippen molar-refractivity contribution < 1.29 is 0 Å². The van der Waals surface area contributed by atoms with Crippen molar-refractivity contribution in [3.05, 3.63) is 46.9 Å². The molecule has 1 saturated carbocycles. The number of hydrogen-bond donors (Lipinski definition) is 0. The quantitative estimate of drug-likeness (QED) is 0.546. The Bertz CT molecular complexity index is 457.